The number of thiazole rings is 1. The van der Waals surface area contributed by atoms with Crippen LogP contribution >= 0.6 is 23.1 Å². The predicted molar refractivity (Wildman–Crippen MR) is 103 cm³/mol. The standard InChI is InChI=1S/C18H21N3O4S2/c1-7-4-10(5-19-7)11-6-20-18(26-11)27-15-8(2)13-12(9(3)22)16(23)21(13)14(15)17(24)25/h4,6-9,12-13,19,22H,5H2,1-3H3,(H,24,25)/t7-,8+,9+,12+,13+/m0/s1. The van der Waals surface area contributed by atoms with Gasteiger partial charge in [-0.1, -0.05) is 24.8 Å². The number of carbonyl (C=O) groups excluding carboxylic acids is 1. The lowest BCUT2D eigenvalue weighted by Crippen LogP contribution is -2.63. The molecule has 1 amide bonds. The fourth-order valence-electron chi connectivity index (χ4n) is 4.06. The van der Waals surface area contributed by atoms with Crippen molar-refractivity contribution >= 4 is 40.5 Å². The van der Waals surface area contributed by atoms with E-state index in [0.29, 0.717) is 10.9 Å². The summed E-state index contributed by atoms with van der Waals surface area (Å²) in [7, 11) is 0. The van der Waals surface area contributed by atoms with Gasteiger partial charge in [0.25, 0.3) is 0 Å². The monoisotopic (exact) mass is 407 g/mol. The maximum absolute atomic E-state index is 12.4. The van der Waals surface area contributed by atoms with Crippen LogP contribution in [0.15, 0.2) is 27.2 Å². The highest BCUT2D eigenvalue weighted by atomic mass is 32.2. The summed E-state index contributed by atoms with van der Waals surface area (Å²) < 4.78 is 0.759. The Morgan fingerprint density at radius 3 is 2.81 bits per heavy atom. The molecule has 1 aromatic rings. The van der Waals surface area contributed by atoms with Gasteiger partial charge in [-0.2, -0.15) is 0 Å². The lowest BCUT2D eigenvalue weighted by Gasteiger charge is -2.46. The van der Waals surface area contributed by atoms with Crippen LogP contribution < -0.4 is 5.32 Å². The molecular weight excluding hydrogens is 386 g/mol. The number of amides is 1. The quantitative estimate of drug-likeness (QED) is 0.639. The smallest absolute Gasteiger partial charge is 0.353 e. The molecule has 0 spiro atoms. The zero-order chi connectivity index (χ0) is 19.5. The van der Waals surface area contributed by atoms with Crippen LogP contribution in [0.4, 0.5) is 0 Å². The van der Waals surface area contributed by atoms with Gasteiger partial charge in [0, 0.05) is 29.6 Å². The summed E-state index contributed by atoms with van der Waals surface area (Å²) in [6.45, 7) is 6.38. The number of β-lactam (4-membered cyclic amide) rings is 1. The van der Waals surface area contributed by atoms with E-state index in [-0.39, 0.29) is 23.6 Å². The molecule has 27 heavy (non-hydrogen) atoms. The summed E-state index contributed by atoms with van der Waals surface area (Å²) in [5, 5.41) is 22.9. The summed E-state index contributed by atoms with van der Waals surface area (Å²) in [6, 6.07) is 0.0364. The van der Waals surface area contributed by atoms with E-state index < -0.39 is 18.0 Å². The number of thioether (sulfide) groups is 1. The highest BCUT2D eigenvalue weighted by Crippen LogP contribution is 2.52. The molecule has 1 aromatic heterocycles. The summed E-state index contributed by atoms with van der Waals surface area (Å²) in [5.41, 5.74) is 1.23. The van der Waals surface area contributed by atoms with Gasteiger partial charge in [0.2, 0.25) is 5.91 Å². The first-order valence-electron chi connectivity index (χ1n) is 8.86. The molecule has 3 aliphatic heterocycles. The van der Waals surface area contributed by atoms with Crippen molar-refractivity contribution in [2.24, 2.45) is 11.8 Å². The van der Waals surface area contributed by atoms with Crippen molar-refractivity contribution in [1.29, 1.82) is 0 Å². The number of rotatable bonds is 5. The van der Waals surface area contributed by atoms with E-state index >= 15 is 0 Å². The first-order valence-corrected chi connectivity index (χ1v) is 10.5. The van der Waals surface area contributed by atoms with Crippen molar-refractivity contribution in [3.63, 3.8) is 0 Å². The van der Waals surface area contributed by atoms with Crippen molar-refractivity contribution in [1.82, 2.24) is 15.2 Å². The lowest BCUT2D eigenvalue weighted by atomic mass is 9.79. The molecule has 5 atom stereocenters. The maximum atomic E-state index is 12.4. The second-order valence-corrected chi connectivity index (χ2v) is 9.55. The Labute approximate surface area is 165 Å². The van der Waals surface area contributed by atoms with E-state index in [1.165, 1.54) is 33.6 Å². The summed E-state index contributed by atoms with van der Waals surface area (Å²) >= 11 is 2.85. The number of nitrogens with zero attached hydrogens (tertiary/aromatic N) is 2. The van der Waals surface area contributed by atoms with Crippen molar-refractivity contribution in [3.8, 4) is 0 Å². The van der Waals surface area contributed by atoms with Crippen LogP contribution in [0.25, 0.3) is 5.57 Å². The molecule has 0 saturated carbocycles. The number of aliphatic hydroxyl groups is 1. The van der Waals surface area contributed by atoms with Gasteiger partial charge < -0.3 is 20.4 Å². The largest absolute Gasteiger partial charge is 0.477 e. The van der Waals surface area contributed by atoms with E-state index in [9.17, 15) is 19.8 Å². The molecule has 0 aliphatic carbocycles. The molecular formula is C18H21N3O4S2. The number of nitrogens with one attached hydrogen (secondary N) is 1. The normalized spacial score (nSPS) is 31.0. The molecule has 144 valence electrons. The van der Waals surface area contributed by atoms with Gasteiger partial charge in [-0.15, -0.1) is 11.3 Å². The number of carboxylic acids is 1. The molecule has 7 nitrogen and oxygen atoms in total. The predicted octanol–water partition coefficient (Wildman–Crippen LogP) is 1.76. The number of hydrogen-bond donors (Lipinski definition) is 3. The summed E-state index contributed by atoms with van der Waals surface area (Å²) in [6.07, 6.45) is 3.19. The molecule has 9 heteroatoms. The Hall–Kier alpha value is -1.68. The third kappa shape index (κ3) is 2.93. The number of aromatic nitrogens is 1. The number of fused-ring (bicyclic) bond motifs is 1. The van der Waals surface area contributed by atoms with Crippen molar-refractivity contribution in [3.05, 3.63) is 27.8 Å². The van der Waals surface area contributed by atoms with E-state index in [1.54, 1.807) is 6.92 Å². The summed E-state index contributed by atoms with van der Waals surface area (Å²) in [5.74, 6) is -2.13. The molecule has 0 bridgehead atoms. The van der Waals surface area contributed by atoms with Crippen LogP contribution in [0.2, 0.25) is 0 Å². The average molecular weight is 408 g/mol. The maximum Gasteiger partial charge on any atom is 0.353 e. The second kappa shape index (κ2) is 6.73. The molecule has 3 N–H and O–H groups in total. The van der Waals surface area contributed by atoms with Crippen LogP contribution in [-0.4, -0.2) is 56.7 Å². The van der Waals surface area contributed by atoms with Gasteiger partial charge in [-0.05, 0) is 19.4 Å². The first-order chi connectivity index (χ1) is 12.8. The molecule has 1 saturated heterocycles. The highest BCUT2D eigenvalue weighted by molar-refractivity contribution is 8.04. The Morgan fingerprint density at radius 1 is 1.48 bits per heavy atom. The van der Waals surface area contributed by atoms with Crippen LogP contribution in [0.1, 0.15) is 25.6 Å². The Balaban J connectivity index is 1.62. The minimum absolute atomic E-state index is 0.0338. The third-order valence-corrected chi connectivity index (χ3v) is 7.81. The minimum atomic E-state index is -1.11. The van der Waals surface area contributed by atoms with Gasteiger partial charge >= 0.3 is 5.97 Å². The molecule has 0 unspecified atom stereocenters. The fraction of sp³-hybridized carbons (Fsp3) is 0.500. The highest BCUT2D eigenvalue weighted by Gasteiger charge is 2.60. The Kier molecular flexibility index (Phi) is 4.66. The number of carbonyl (C=O) groups is 2. The SMILES string of the molecule is C[C@H]1C=C(c2cnc(SC3=C(C(=O)O)N4C(=O)[C@H]([C@@H](C)O)[C@H]4[C@H]3C)s2)CN1. The number of hydrogen-bond acceptors (Lipinski definition) is 7. The average Bonchev–Trinajstić information content (AvgIpc) is 3.27. The van der Waals surface area contributed by atoms with E-state index in [4.69, 9.17) is 0 Å². The van der Waals surface area contributed by atoms with E-state index in [2.05, 4.69) is 23.3 Å². The van der Waals surface area contributed by atoms with Gasteiger partial charge in [0.1, 0.15) is 5.70 Å². The van der Waals surface area contributed by atoms with Crippen LogP contribution in [-0.2, 0) is 9.59 Å². The zero-order valence-electron chi connectivity index (χ0n) is 15.2. The Bertz CT molecular complexity index is 876. The second-order valence-electron chi connectivity index (χ2n) is 7.23. The molecule has 4 rings (SSSR count). The third-order valence-electron chi connectivity index (χ3n) is 5.38. The van der Waals surface area contributed by atoms with Crippen LogP contribution in [0.5, 0.6) is 0 Å². The lowest BCUT2D eigenvalue weighted by molar-refractivity contribution is -0.163. The molecule has 3 aliphatic rings. The van der Waals surface area contributed by atoms with Gasteiger partial charge in [0.15, 0.2) is 4.34 Å². The van der Waals surface area contributed by atoms with E-state index in [0.717, 1.165) is 15.8 Å². The van der Waals surface area contributed by atoms with Gasteiger partial charge in [-0.3, -0.25) is 4.79 Å². The molecule has 1 fully saturated rings. The molecule has 4 heterocycles. The summed E-state index contributed by atoms with van der Waals surface area (Å²) in [4.78, 5) is 31.7. The van der Waals surface area contributed by atoms with Crippen molar-refractivity contribution < 1.29 is 19.8 Å². The van der Waals surface area contributed by atoms with E-state index in [1.807, 2.05) is 13.1 Å². The van der Waals surface area contributed by atoms with Gasteiger partial charge in [-0.25, -0.2) is 9.78 Å². The minimum Gasteiger partial charge on any atom is -0.477 e. The first kappa shape index (κ1) is 18.7. The number of aliphatic hydroxyl groups excluding tert-OH is 1. The fourth-order valence-corrected chi connectivity index (χ4v) is 6.34. The number of carboxylic acid groups (broad SMARTS) is 1. The Morgan fingerprint density at radius 2 is 2.22 bits per heavy atom. The molecule has 0 radical (unpaired) electrons. The van der Waals surface area contributed by atoms with Crippen LogP contribution in [0, 0.1) is 11.8 Å². The molecule has 0 aromatic carbocycles. The zero-order valence-corrected chi connectivity index (χ0v) is 16.8. The van der Waals surface area contributed by atoms with Crippen molar-refractivity contribution in [2.75, 3.05) is 6.54 Å². The number of aliphatic carboxylic acids is 1. The van der Waals surface area contributed by atoms with Crippen molar-refractivity contribution in [2.45, 2.75) is 43.3 Å². The topological polar surface area (TPSA) is 103 Å². The van der Waals surface area contributed by atoms with Gasteiger partial charge in [0.05, 0.1) is 22.9 Å². The van der Waals surface area contributed by atoms with Crippen LogP contribution in [0.3, 0.4) is 0 Å².